The van der Waals surface area contributed by atoms with Crippen molar-refractivity contribution in [1.29, 1.82) is 0 Å². The third-order valence-electron chi connectivity index (χ3n) is 5.05. The van der Waals surface area contributed by atoms with Crippen LogP contribution in [0.1, 0.15) is 50.2 Å². The van der Waals surface area contributed by atoms with Crippen LogP contribution in [0, 0.1) is 5.41 Å². The molecule has 0 N–H and O–H groups in total. The lowest BCUT2D eigenvalue weighted by Crippen LogP contribution is -2.33. The SMILES string of the molecule is CCOC(=O)N1C[C@H]2c3cccc(Cl)c3[C@H](C)C[C@@]2(C)C1. The number of ether oxygens (including phenoxy) is 1. The maximum atomic E-state index is 12.1. The zero-order valence-electron chi connectivity index (χ0n) is 12.9. The predicted molar refractivity (Wildman–Crippen MR) is 83.9 cm³/mol. The average molecular weight is 308 g/mol. The van der Waals surface area contributed by atoms with E-state index >= 15 is 0 Å². The molecule has 1 aromatic rings. The number of carbonyl (C=O) groups is 1. The van der Waals surface area contributed by atoms with E-state index in [0.717, 1.165) is 24.5 Å². The second-order valence-electron chi connectivity index (χ2n) is 6.63. The van der Waals surface area contributed by atoms with Crippen LogP contribution in [0.3, 0.4) is 0 Å². The van der Waals surface area contributed by atoms with E-state index in [4.69, 9.17) is 16.3 Å². The van der Waals surface area contributed by atoms with Crippen molar-refractivity contribution in [3.8, 4) is 0 Å². The average Bonchev–Trinajstić information content (AvgIpc) is 2.76. The second-order valence-corrected chi connectivity index (χ2v) is 7.04. The van der Waals surface area contributed by atoms with Crippen molar-refractivity contribution in [3.63, 3.8) is 0 Å². The molecular weight excluding hydrogens is 286 g/mol. The van der Waals surface area contributed by atoms with E-state index in [2.05, 4.69) is 19.9 Å². The lowest BCUT2D eigenvalue weighted by molar-refractivity contribution is 0.110. The molecule has 1 amide bonds. The highest BCUT2D eigenvalue weighted by atomic mass is 35.5. The van der Waals surface area contributed by atoms with Gasteiger partial charge in [-0.2, -0.15) is 0 Å². The molecule has 0 saturated carbocycles. The zero-order chi connectivity index (χ0) is 15.2. The number of hydrogen-bond donors (Lipinski definition) is 0. The molecule has 21 heavy (non-hydrogen) atoms. The van der Waals surface area contributed by atoms with Gasteiger partial charge in [-0.3, -0.25) is 0 Å². The predicted octanol–water partition coefficient (Wildman–Crippen LogP) is 4.41. The van der Waals surface area contributed by atoms with Gasteiger partial charge in [0.25, 0.3) is 0 Å². The van der Waals surface area contributed by atoms with Gasteiger partial charge in [0, 0.05) is 24.0 Å². The molecule has 1 heterocycles. The van der Waals surface area contributed by atoms with Gasteiger partial charge in [0.1, 0.15) is 0 Å². The van der Waals surface area contributed by atoms with Gasteiger partial charge in [0.15, 0.2) is 0 Å². The van der Waals surface area contributed by atoms with Crippen molar-refractivity contribution in [1.82, 2.24) is 4.90 Å². The van der Waals surface area contributed by atoms with E-state index < -0.39 is 0 Å². The minimum absolute atomic E-state index is 0.115. The quantitative estimate of drug-likeness (QED) is 0.769. The van der Waals surface area contributed by atoms with Crippen molar-refractivity contribution in [3.05, 3.63) is 34.3 Å². The van der Waals surface area contributed by atoms with Crippen LogP contribution in [0.2, 0.25) is 5.02 Å². The summed E-state index contributed by atoms with van der Waals surface area (Å²) in [5, 5.41) is 0.858. The number of likely N-dealkylation sites (tertiary alicyclic amines) is 1. The van der Waals surface area contributed by atoms with Crippen LogP contribution in [0.15, 0.2) is 18.2 Å². The van der Waals surface area contributed by atoms with Crippen LogP contribution >= 0.6 is 11.6 Å². The van der Waals surface area contributed by atoms with Crippen molar-refractivity contribution in [2.75, 3.05) is 19.7 Å². The highest BCUT2D eigenvalue weighted by molar-refractivity contribution is 6.31. The number of amides is 1. The molecule has 1 saturated heterocycles. The summed E-state index contributed by atoms with van der Waals surface area (Å²) in [6, 6.07) is 6.17. The first kappa shape index (κ1) is 14.7. The van der Waals surface area contributed by atoms with Gasteiger partial charge in [0.2, 0.25) is 0 Å². The summed E-state index contributed by atoms with van der Waals surface area (Å²) in [5.74, 6) is 0.781. The van der Waals surface area contributed by atoms with Gasteiger partial charge in [-0.05, 0) is 41.9 Å². The Hall–Kier alpha value is -1.22. The molecule has 0 unspecified atom stereocenters. The topological polar surface area (TPSA) is 29.5 Å². The lowest BCUT2D eigenvalue weighted by atomic mass is 9.63. The third-order valence-corrected chi connectivity index (χ3v) is 5.38. The molecule has 1 aliphatic carbocycles. The minimum atomic E-state index is -0.190. The van der Waals surface area contributed by atoms with E-state index in [1.807, 2.05) is 24.0 Å². The Bertz CT molecular complexity index is 574. The normalized spacial score (nSPS) is 30.8. The first-order valence-corrected chi connectivity index (χ1v) is 8.04. The Balaban J connectivity index is 1.97. The Morgan fingerprint density at radius 1 is 1.52 bits per heavy atom. The summed E-state index contributed by atoms with van der Waals surface area (Å²) < 4.78 is 5.18. The zero-order valence-corrected chi connectivity index (χ0v) is 13.6. The molecular formula is C17H22ClNO2. The number of rotatable bonds is 1. The Morgan fingerprint density at radius 2 is 2.29 bits per heavy atom. The van der Waals surface area contributed by atoms with E-state index in [-0.39, 0.29) is 11.5 Å². The molecule has 0 spiro atoms. The van der Waals surface area contributed by atoms with E-state index in [9.17, 15) is 4.79 Å². The lowest BCUT2D eigenvalue weighted by Gasteiger charge is -2.40. The largest absolute Gasteiger partial charge is 0.450 e. The summed E-state index contributed by atoms with van der Waals surface area (Å²) >= 11 is 6.42. The number of hydrogen-bond acceptors (Lipinski definition) is 2. The van der Waals surface area contributed by atoms with Crippen LogP contribution in [0.4, 0.5) is 4.79 Å². The Kier molecular flexibility index (Phi) is 3.64. The molecule has 1 aromatic carbocycles. The van der Waals surface area contributed by atoms with Gasteiger partial charge in [0.05, 0.1) is 6.61 Å². The summed E-state index contributed by atoms with van der Waals surface area (Å²) in [6.45, 7) is 8.30. The summed E-state index contributed by atoms with van der Waals surface area (Å²) in [4.78, 5) is 13.9. The van der Waals surface area contributed by atoms with Gasteiger partial charge >= 0.3 is 6.09 Å². The van der Waals surface area contributed by atoms with Crippen molar-refractivity contribution in [2.24, 2.45) is 5.41 Å². The molecule has 4 heteroatoms. The minimum Gasteiger partial charge on any atom is -0.450 e. The van der Waals surface area contributed by atoms with Crippen LogP contribution in [-0.2, 0) is 4.74 Å². The molecule has 114 valence electrons. The van der Waals surface area contributed by atoms with Crippen molar-refractivity contribution in [2.45, 2.75) is 39.0 Å². The number of carbonyl (C=O) groups excluding carboxylic acids is 1. The molecule has 0 aromatic heterocycles. The first-order valence-electron chi connectivity index (χ1n) is 7.66. The fraction of sp³-hybridized carbons (Fsp3) is 0.588. The van der Waals surface area contributed by atoms with Crippen LogP contribution in [-0.4, -0.2) is 30.7 Å². The van der Waals surface area contributed by atoms with Gasteiger partial charge < -0.3 is 9.64 Å². The fourth-order valence-corrected chi connectivity index (χ4v) is 4.63. The monoisotopic (exact) mass is 307 g/mol. The number of benzene rings is 1. The maximum absolute atomic E-state index is 12.1. The number of fused-ring (bicyclic) bond motifs is 3. The van der Waals surface area contributed by atoms with E-state index in [1.165, 1.54) is 11.1 Å². The first-order chi connectivity index (χ1) is 9.96. The number of halogens is 1. The second kappa shape index (κ2) is 5.20. The smallest absolute Gasteiger partial charge is 0.409 e. The molecule has 0 bridgehead atoms. The molecule has 3 nitrogen and oxygen atoms in total. The number of nitrogens with zero attached hydrogens (tertiary/aromatic N) is 1. The molecule has 2 aliphatic rings. The highest BCUT2D eigenvalue weighted by Gasteiger charge is 2.50. The van der Waals surface area contributed by atoms with Crippen molar-refractivity contribution >= 4 is 17.7 Å². The van der Waals surface area contributed by atoms with Crippen molar-refractivity contribution < 1.29 is 9.53 Å². The summed E-state index contributed by atoms with van der Waals surface area (Å²) in [7, 11) is 0. The fourth-order valence-electron chi connectivity index (χ4n) is 4.26. The van der Waals surface area contributed by atoms with Crippen LogP contribution in [0.5, 0.6) is 0 Å². The van der Waals surface area contributed by atoms with Crippen LogP contribution < -0.4 is 0 Å². The van der Waals surface area contributed by atoms with E-state index in [0.29, 0.717) is 18.4 Å². The summed E-state index contributed by atoms with van der Waals surface area (Å²) in [5.41, 5.74) is 2.70. The van der Waals surface area contributed by atoms with Crippen LogP contribution in [0.25, 0.3) is 0 Å². The highest BCUT2D eigenvalue weighted by Crippen LogP contribution is 2.55. The summed E-state index contributed by atoms with van der Waals surface area (Å²) in [6.07, 6.45) is 0.869. The molecule has 3 rings (SSSR count). The Morgan fingerprint density at radius 3 is 3.00 bits per heavy atom. The maximum Gasteiger partial charge on any atom is 0.409 e. The third kappa shape index (κ3) is 2.32. The van der Waals surface area contributed by atoms with Gasteiger partial charge in [-0.15, -0.1) is 0 Å². The molecule has 1 aliphatic heterocycles. The van der Waals surface area contributed by atoms with E-state index in [1.54, 1.807) is 0 Å². The Labute approximate surface area is 131 Å². The molecule has 3 atom stereocenters. The van der Waals surface area contributed by atoms with Gasteiger partial charge in [-0.1, -0.05) is 37.6 Å². The standard InChI is InChI=1S/C17H22ClNO2/c1-4-21-16(20)19-9-13-12-6-5-7-14(18)15(12)11(2)8-17(13,3)10-19/h5-7,11,13H,4,8-10H2,1-3H3/t11-,13+,17+/m1/s1. The molecule has 0 radical (unpaired) electrons. The molecule has 1 fully saturated rings. The van der Waals surface area contributed by atoms with Gasteiger partial charge in [-0.25, -0.2) is 4.79 Å².